The van der Waals surface area contributed by atoms with Crippen molar-refractivity contribution < 1.29 is 0 Å². The van der Waals surface area contributed by atoms with Crippen molar-refractivity contribution in [2.45, 2.75) is 37.5 Å². The van der Waals surface area contributed by atoms with Crippen LogP contribution in [0.3, 0.4) is 0 Å². The van der Waals surface area contributed by atoms with Gasteiger partial charge in [0, 0.05) is 38.3 Å². The van der Waals surface area contributed by atoms with Crippen molar-refractivity contribution in [1.82, 2.24) is 9.13 Å². The summed E-state index contributed by atoms with van der Waals surface area (Å²) < 4.78 is 4.82. The third kappa shape index (κ3) is 7.69. The van der Waals surface area contributed by atoms with E-state index in [1.807, 2.05) is 0 Å². The summed E-state index contributed by atoms with van der Waals surface area (Å²) in [5.41, 5.74) is 22.9. The summed E-state index contributed by atoms with van der Waals surface area (Å²) in [7, 11) is 0. The Morgan fingerprint density at radius 3 is 1.14 bits per heavy atom. The Morgan fingerprint density at radius 1 is 0.275 bits per heavy atom. The summed E-state index contributed by atoms with van der Waals surface area (Å²) >= 11 is 0. The normalized spacial score (nSPS) is 14.0. The lowest BCUT2D eigenvalue weighted by molar-refractivity contribution is 0.353. The fourth-order valence-corrected chi connectivity index (χ4v) is 13.9. The van der Waals surface area contributed by atoms with Crippen molar-refractivity contribution in [1.29, 1.82) is 0 Å². The van der Waals surface area contributed by atoms with Gasteiger partial charge in [-0.05, 0) is 162 Å². The first kappa shape index (κ1) is 46.3. The minimum atomic E-state index is 0.0473. The molecule has 2 nitrogen and oxygen atoms in total. The molecule has 0 atom stereocenters. The van der Waals surface area contributed by atoms with E-state index in [1.54, 1.807) is 0 Å². The van der Waals surface area contributed by atoms with Crippen LogP contribution in [0.25, 0.3) is 134 Å². The van der Waals surface area contributed by atoms with Crippen molar-refractivity contribution in [3.63, 3.8) is 0 Å². The summed E-state index contributed by atoms with van der Waals surface area (Å²) in [5, 5.41) is 10.1. The molecule has 2 aromatic heterocycles. The van der Waals surface area contributed by atoms with Gasteiger partial charge in [-0.3, -0.25) is 0 Å². The molecule has 0 N–H and O–H groups in total. The number of aromatic nitrogens is 2. The molecule has 2 aliphatic carbocycles. The summed E-state index contributed by atoms with van der Waals surface area (Å²) in [4.78, 5) is 0. The van der Waals surface area contributed by atoms with E-state index in [0.29, 0.717) is 0 Å². The second-order valence-corrected chi connectivity index (χ2v) is 22.4. The predicted octanol–water partition coefficient (Wildman–Crippen LogP) is 21.1. The van der Waals surface area contributed by atoms with Gasteiger partial charge in [0.1, 0.15) is 0 Å². The average molecular weight is 1020 g/mol. The minimum absolute atomic E-state index is 0.0473. The third-order valence-electron chi connectivity index (χ3n) is 17.9. The molecule has 2 aliphatic rings. The zero-order valence-electron chi connectivity index (χ0n) is 44.5. The summed E-state index contributed by atoms with van der Waals surface area (Å²) in [6.45, 7) is 0. The lowest BCUT2D eigenvalue weighted by Gasteiger charge is -2.36. The number of para-hydroxylation sites is 2. The smallest absolute Gasteiger partial charge is 0.0541 e. The van der Waals surface area contributed by atoms with E-state index in [1.165, 1.54) is 175 Å². The lowest BCUT2D eigenvalue weighted by atomic mass is 9.67. The van der Waals surface area contributed by atoms with E-state index in [9.17, 15) is 0 Å². The highest BCUT2D eigenvalue weighted by molar-refractivity contribution is 6.12. The van der Waals surface area contributed by atoms with Crippen molar-refractivity contribution in [2.75, 3.05) is 0 Å². The topological polar surface area (TPSA) is 9.86 Å². The van der Waals surface area contributed by atoms with Crippen LogP contribution in [0.2, 0.25) is 0 Å². The first-order chi connectivity index (χ1) is 39.6. The molecule has 80 heavy (non-hydrogen) atoms. The number of benzene rings is 12. The maximum Gasteiger partial charge on any atom is 0.0541 e. The molecule has 0 radical (unpaired) electrons. The van der Waals surface area contributed by atoms with E-state index in [4.69, 9.17) is 0 Å². The van der Waals surface area contributed by atoms with Crippen LogP contribution in [0, 0.1) is 0 Å². The highest BCUT2D eigenvalue weighted by Crippen LogP contribution is 2.56. The van der Waals surface area contributed by atoms with Crippen LogP contribution in [-0.4, -0.2) is 9.13 Å². The molecule has 16 rings (SSSR count). The van der Waals surface area contributed by atoms with Crippen LogP contribution in [0.1, 0.15) is 65.5 Å². The maximum atomic E-state index is 2.51. The predicted molar refractivity (Wildman–Crippen MR) is 341 cm³/mol. The van der Waals surface area contributed by atoms with Gasteiger partial charge in [-0.15, -0.1) is 0 Å². The van der Waals surface area contributed by atoms with Crippen molar-refractivity contribution >= 4 is 89.5 Å². The van der Waals surface area contributed by atoms with E-state index in [2.05, 4.69) is 288 Å². The molecule has 12 aromatic carbocycles. The molecular weight excluding hydrogens is 965 g/mol. The van der Waals surface area contributed by atoms with Crippen LogP contribution >= 0.6 is 0 Å². The maximum absolute atomic E-state index is 2.51. The Bertz CT molecular complexity index is 4540. The van der Waals surface area contributed by atoms with Gasteiger partial charge in [0.05, 0.1) is 22.1 Å². The monoisotopic (exact) mass is 1020 g/mol. The first-order valence-electron chi connectivity index (χ1n) is 28.5. The molecular formula is C78H56N2. The Kier molecular flexibility index (Phi) is 10.8. The molecule has 0 aliphatic heterocycles. The highest BCUT2D eigenvalue weighted by Gasteiger charge is 2.43. The Morgan fingerprint density at radius 2 is 0.662 bits per heavy atom. The van der Waals surface area contributed by atoms with E-state index >= 15 is 0 Å². The quantitative estimate of drug-likeness (QED) is 0.134. The lowest BCUT2D eigenvalue weighted by Crippen LogP contribution is -2.28. The van der Waals surface area contributed by atoms with Gasteiger partial charge in [-0.2, -0.15) is 0 Å². The zero-order valence-corrected chi connectivity index (χ0v) is 44.5. The molecule has 0 bridgehead atoms. The Labute approximate surface area is 466 Å². The van der Waals surface area contributed by atoms with Crippen LogP contribution < -0.4 is 0 Å². The van der Waals surface area contributed by atoms with E-state index < -0.39 is 0 Å². The van der Waals surface area contributed by atoms with Crippen molar-refractivity contribution in [3.05, 3.63) is 288 Å². The first-order valence-corrected chi connectivity index (χ1v) is 28.5. The zero-order chi connectivity index (χ0) is 52.7. The molecule has 2 heteroatoms. The van der Waals surface area contributed by atoms with Gasteiger partial charge in [0.2, 0.25) is 0 Å². The summed E-state index contributed by atoms with van der Waals surface area (Å²) in [5.74, 6) is 0. The molecule has 2 heterocycles. The van der Waals surface area contributed by atoms with E-state index in [0.717, 1.165) is 0 Å². The van der Waals surface area contributed by atoms with Gasteiger partial charge >= 0.3 is 0 Å². The standard InChI is InChI=1S/C78H56N2/c1-10-44-78(45-11-1)72-46-54(22-20-52-24-30-58(31-25-52)62-36-42-76-70(50-62)68-16-6-8-18-74(68)79(76)64-38-34-56-12-2-4-14-60(56)48-64)28-40-66(72)67-41-29-55(47-73(67)78)23-21-53-26-32-59(33-27-53)63-37-43-77-71(51-63)69-17-7-9-19-75(69)80(77)65-39-35-57-13-3-5-15-61(57)49-65/h2-9,12-43,46-51H,1,10-11,44-45H2/b22-20+,23-21+. The fraction of sp³-hybridized carbons (Fsp3) is 0.0769. The minimum Gasteiger partial charge on any atom is -0.309 e. The van der Waals surface area contributed by atoms with E-state index in [-0.39, 0.29) is 5.41 Å². The SMILES string of the molecule is C(=C\c1ccc2c(c1)C1(CCCCC1)c1cc(/C=C/c3ccc(-c4ccc5c(c4)c4ccccc4n5-c4ccc5ccccc5c4)cc3)ccc1-2)/c1ccc(-c2ccc3c(c2)c2ccccc2n3-c2ccc3ccccc3c2)cc1. The van der Waals surface area contributed by atoms with Crippen molar-refractivity contribution in [3.8, 4) is 44.8 Å². The van der Waals surface area contributed by atoms with Gasteiger partial charge in [0.15, 0.2) is 0 Å². The van der Waals surface area contributed by atoms with Crippen LogP contribution in [0.15, 0.2) is 255 Å². The van der Waals surface area contributed by atoms with Crippen LogP contribution in [-0.2, 0) is 5.41 Å². The van der Waals surface area contributed by atoms with Gasteiger partial charge < -0.3 is 9.13 Å². The third-order valence-corrected chi connectivity index (χ3v) is 17.9. The summed E-state index contributed by atoms with van der Waals surface area (Å²) in [6.07, 6.45) is 15.4. The second-order valence-electron chi connectivity index (χ2n) is 22.4. The molecule has 1 saturated carbocycles. The van der Waals surface area contributed by atoms with Crippen LogP contribution in [0.4, 0.5) is 0 Å². The number of nitrogens with zero attached hydrogens (tertiary/aromatic N) is 2. The molecule has 0 saturated heterocycles. The molecule has 0 amide bonds. The van der Waals surface area contributed by atoms with Crippen molar-refractivity contribution in [2.24, 2.45) is 0 Å². The number of fused-ring (bicyclic) bond motifs is 13. The van der Waals surface area contributed by atoms with Gasteiger partial charge in [0.25, 0.3) is 0 Å². The Hall–Kier alpha value is -9.76. The average Bonchev–Trinajstić information content (AvgIpc) is 4.25. The molecule has 1 fully saturated rings. The Balaban J connectivity index is 0.642. The van der Waals surface area contributed by atoms with Crippen LogP contribution in [0.5, 0.6) is 0 Å². The molecule has 1 spiro atoms. The largest absolute Gasteiger partial charge is 0.309 e. The summed E-state index contributed by atoms with van der Waals surface area (Å²) in [6, 6.07) is 94.8. The number of hydrogen-bond donors (Lipinski definition) is 0. The molecule has 14 aromatic rings. The fourth-order valence-electron chi connectivity index (χ4n) is 13.9. The molecule has 0 unspecified atom stereocenters. The molecule has 378 valence electrons. The van der Waals surface area contributed by atoms with Gasteiger partial charge in [-0.1, -0.05) is 238 Å². The second kappa shape index (κ2) is 18.7. The number of rotatable bonds is 8. The van der Waals surface area contributed by atoms with Gasteiger partial charge in [-0.25, -0.2) is 0 Å². The number of hydrogen-bond acceptors (Lipinski definition) is 0. The highest BCUT2D eigenvalue weighted by atomic mass is 15.0.